The zero-order chi connectivity index (χ0) is 18.6. The van der Waals surface area contributed by atoms with E-state index in [0.29, 0.717) is 11.6 Å². The molecule has 3 aromatic rings. The first-order valence-electron chi connectivity index (χ1n) is 8.79. The summed E-state index contributed by atoms with van der Waals surface area (Å²) in [5, 5.41) is 2.92. The summed E-state index contributed by atoms with van der Waals surface area (Å²) in [6.07, 6.45) is 1.66. The van der Waals surface area contributed by atoms with Crippen molar-refractivity contribution >= 4 is 23.1 Å². The molecule has 1 aromatic heterocycles. The Balaban J connectivity index is 1.43. The van der Waals surface area contributed by atoms with Crippen LogP contribution in [0.3, 0.4) is 0 Å². The summed E-state index contributed by atoms with van der Waals surface area (Å²) >= 11 is 0. The molecule has 0 saturated carbocycles. The van der Waals surface area contributed by atoms with Gasteiger partial charge in [0.1, 0.15) is 17.5 Å². The first-order chi connectivity index (χ1) is 13.2. The van der Waals surface area contributed by atoms with E-state index in [4.69, 9.17) is 0 Å². The molecule has 27 heavy (non-hydrogen) atoms. The average molecular weight is 367 g/mol. The highest BCUT2D eigenvalue weighted by Crippen LogP contribution is 2.22. The van der Waals surface area contributed by atoms with E-state index in [2.05, 4.69) is 25.1 Å². The molecule has 138 valence electrons. The van der Waals surface area contributed by atoms with Crippen LogP contribution in [0.2, 0.25) is 0 Å². The molecular weight excluding hydrogens is 348 g/mol. The maximum Gasteiger partial charge on any atom is 0.229 e. The van der Waals surface area contributed by atoms with Gasteiger partial charge in [0.05, 0.1) is 5.69 Å². The van der Waals surface area contributed by atoms with E-state index in [9.17, 15) is 8.78 Å². The Morgan fingerprint density at radius 1 is 0.815 bits per heavy atom. The van der Waals surface area contributed by atoms with Crippen LogP contribution in [0.1, 0.15) is 0 Å². The first kappa shape index (κ1) is 17.2. The number of anilines is 4. The summed E-state index contributed by atoms with van der Waals surface area (Å²) in [7, 11) is 0. The van der Waals surface area contributed by atoms with Crippen molar-refractivity contribution in [1.29, 1.82) is 0 Å². The van der Waals surface area contributed by atoms with Crippen molar-refractivity contribution < 1.29 is 8.78 Å². The molecule has 0 amide bonds. The number of aromatic nitrogens is 2. The fraction of sp³-hybridized carbons (Fsp3) is 0.200. The maximum atomic E-state index is 13.8. The fourth-order valence-electron chi connectivity index (χ4n) is 3.11. The number of nitrogens with zero attached hydrogens (tertiary/aromatic N) is 4. The third kappa shape index (κ3) is 3.97. The van der Waals surface area contributed by atoms with Gasteiger partial charge in [0.25, 0.3) is 0 Å². The van der Waals surface area contributed by atoms with Crippen LogP contribution in [-0.2, 0) is 0 Å². The van der Waals surface area contributed by atoms with Gasteiger partial charge in [-0.3, -0.25) is 0 Å². The van der Waals surface area contributed by atoms with Gasteiger partial charge in [-0.05, 0) is 42.5 Å². The molecule has 5 nitrogen and oxygen atoms in total. The Kier molecular flexibility index (Phi) is 4.82. The van der Waals surface area contributed by atoms with Crippen LogP contribution < -0.4 is 15.1 Å². The van der Waals surface area contributed by atoms with Crippen LogP contribution >= 0.6 is 0 Å². The van der Waals surface area contributed by atoms with Gasteiger partial charge in [-0.25, -0.2) is 13.8 Å². The van der Waals surface area contributed by atoms with Gasteiger partial charge in [0.15, 0.2) is 0 Å². The fourth-order valence-corrected chi connectivity index (χ4v) is 3.11. The lowest BCUT2D eigenvalue weighted by atomic mass is 10.2. The lowest BCUT2D eigenvalue weighted by Crippen LogP contribution is -2.46. The third-order valence-corrected chi connectivity index (χ3v) is 4.56. The molecule has 0 atom stereocenters. The molecule has 0 aliphatic carbocycles. The van der Waals surface area contributed by atoms with Crippen LogP contribution in [0, 0.1) is 11.6 Å². The number of rotatable bonds is 4. The minimum atomic E-state index is -0.348. The smallest absolute Gasteiger partial charge is 0.229 e. The van der Waals surface area contributed by atoms with Crippen LogP contribution in [0.15, 0.2) is 60.8 Å². The van der Waals surface area contributed by atoms with E-state index in [1.807, 2.05) is 6.07 Å². The molecule has 0 radical (unpaired) electrons. The summed E-state index contributed by atoms with van der Waals surface area (Å²) < 4.78 is 26.9. The maximum absolute atomic E-state index is 13.8. The van der Waals surface area contributed by atoms with Crippen molar-refractivity contribution in [3.63, 3.8) is 0 Å². The van der Waals surface area contributed by atoms with Crippen molar-refractivity contribution in [1.82, 2.24) is 9.97 Å². The topological polar surface area (TPSA) is 44.3 Å². The van der Waals surface area contributed by atoms with E-state index >= 15 is 0 Å². The molecule has 2 heterocycles. The van der Waals surface area contributed by atoms with Crippen LogP contribution in [0.4, 0.5) is 31.9 Å². The Bertz CT molecular complexity index is 908. The molecule has 0 bridgehead atoms. The second-order valence-corrected chi connectivity index (χ2v) is 6.29. The minimum Gasteiger partial charge on any atom is -0.368 e. The van der Waals surface area contributed by atoms with E-state index in [1.165, 1.54) is 18.2 Å². The molecule has 7 heteroatoms. The van der Waals surface area contributed by atoms with Crippen molar-refractivity contribution in [2.45, 2.75) is 0 Å². The molecule has 1 aliphatic heterocycles. The zero-order valence-corrected chi connectivity index (χ0v) is 14.6. The van der Waals surface area contributed by atoms with E-state index in [0.717, 1.165) is 37.7 Å². The number of halogens is 2. The predicted molar refractivity (Wildman–Crippen MR) is 103 cm³/mol. The molecule has 2 aromatic carbocycles. The Labute approximate surface area is 156 Å². The highest BCUT2D eigenvalue weighted by Gasteiger charge is 2.19. The van der Waals surface area contributed by atoms with Gasteiger partial charge in [0.2, 0.25) is 5.95 Å². The van der Waals surface area contributed by atoms with Crippen LogP contribution in [0.5, 0.6) is 0 Å². The molecule has 1 N–H and O–H groups in total. The monoisotopic (exact) mass is 367 g/mol. The molecule has 0 spiro atoms. The molecule has 1 aliphatic rings. The molecular formula is C20H19F2N5. The molecule has 0 unspecified atom stereocenters. The van der Waals surface area contributed by atoms with E-state index in [-0.39, 0.29) is 11.6 Å². The quantitative estimate of drug-likeness (QED) is 0.759. The molecule has 4 rings (SSSR count). The van der Waals surface area contributed by atoms with Gasteiger partial charge in [0, 0.05) is 38.1 Å². The van der Waals surface area contributed by atoms with Crippen molar-refractivity contribution in [2.75, 3.05) is 41.3 Å². The molecule has 1 saturated heterocycles. The van der Waals surface area contributed by atoms with Gasteiger partial charge in [-0.15, -0.1) is 0 Å². The largest absolute Gasteiger partial charge is 0.368 e. The Hall–Kier alpha value is -3.22. The second-order valence-electron chi connectivity index (χ2n) is 6.29. The minimum absolute atomic E-state index is 0.228. The third-order valence-electron chi connectivity index (χ3n) is 4.56. The standard InChI is InChI=1S/C20H19F2N5/c21-15-5-7-16(8-6-15)26-11-13-27(14-12-26)19-9-10-23-20(25-19)24-18-4-2-1-3-17(18)22/h1-10H,11-14H2,(H,23,24,25). The number of piperazine rings is 1. The number of benzene rings is 2. The van der Waals surface area contributed by atoms with Crippen LogP contribution in [0.25, 0.3) is 0 Å². The summed E-state index contributed by atoms with van der Waals surface area (Å²) in [5.41, 5.74) is 1.36. The van der Waals surface area contributed by atoms with Gasteiger partial charge in [-0.2, -0.15) is 4.98 Å². The summed E-state index contributed by atoms with van der Waals surface area (Å²) in [6, 6.07) is 14.8. The van der Waals surface area contributed by atoms with Crippen molar-refractivity contribution in [3.8, 4) is 0 Å². The van der Waals surface area contributed by atoms with Crippen molar-refractivity contribution in [2.24, 2.45) is 0 Å². The SMILES string of the molecule is Fc1ccc(N2CCN(c3ccnc(Nc4ccccc4F)n3)CC2)cc1. The number of nitrogens with one attached hydrogen (secondary N) is 1. The predicted octanol–water partition coefficient (Wildman–Crippen LogP) is 3.83. The zero-order valence-electron chi connectivity index (χ0n) is 14.6. The van der Waals surface area contributed by atoms with E-state index in [1.54, 1.807) is 36.5 Å². The van der Waals surface area contributed by atoms with Crippen molar-refractivity contribution in [3.05, 3.63) is 72.4 Å². The lowest BCUT2D eigenvalue weighted by Gasteiger charge is -2.36. The number of para-hydroxylation sites is 1. The van der Waals surface area contributed by atoms with Gasteiger partial charge in [-0.1, -0.05) is 12.1 Å². The number of hydrogen-bond acceptors (Lipinski definition) is 5. The summed E-state index contributed by atoms with van der Waals surface area (Å²) in [5.74, 6) is 0.578. The highest BCUT2D eigenvalue weighted by molar-refractivity contribution is 5.56. The second kappa shape index (κ2) is 7.57. The van der Waals surface area contributed by atoms with E-state index < -0.39 is 0 Å². The summed E-state index contributed by atoms with van der Waals surface area (Å²) in [4.78, 5) is 13.1. The van der Waals surface area contributed by atoms with Gasteiger partial charge < -0.3 is 15.1 Å². The Morgan fingerprint density at radius 3 is 2.26 bits per heavy atom. The first-order valence-corrected chi connectivity index (χ1v) is 8.79. The molecule has 1 fully saturated rings. The Morgan fingerprint density at radius 2 is 1.52 bits per heavy atom. The number of hydrogen-bond donors (Lipinski definition) is 1. The summed E-state index contributed by atoms with van der Waals surface area (Å²) in [6.45, 7) is 3.19. The van der Waals surface area contributed by atoms with Crippen LogP contribution in [-0.4, -0.2) is 36.1 Å². The van der Waals surface area contributed by atoms with Gasteiger partial charge >= 0.3 is 0 Å². The average Bonchev–Trinajstić information content (AvgIpc) is 2.71. The normalized spacial score (nSPS) is 14.3. The lowest BCUT2D eigenvalue weighted by molar-refractivity contribution is 0.624. The highest BCUT2D eigenvalue weighted by atomic mass is 19.1.